The highest BCUT2D eigenvalue weighted by atomic mass is 19.1. The minimum absolute atomic E-state index is 0.0888. The molecule has 0 unspecified atom stereocenters. The SMILES string of the molecule is CCOC(=O)C(=CNc1ccc(OC)cc1)C(=O)c1cc(CN2CCOCC2)ccc1F. The lowest BCUT2D eigenvalue weighted by atomic mass is 10.0. The summed E-state index contributed by atoms with van der Waals surface area (Å²) in [5.74, 6) is -1.59. The van der Waals surface area contributed by atoms with Crippen LogP contribution in [0.2, 0.25) is 0 Å². The maximum absolute atomic E-state index is 14.6. The van der Waals surface area contributed by atoms with Gasteiger partial charge in [-0.25, -0.2) is 9.18 Å². The molecule has 1 N–H and O–H groups in total. The van der Waals surface area contributed by atoms with Gasteiger partial charge in [-0.15, -0.1) is 0 Å². The zero-order chi connectivity index (χ0) is 22.9. The molecule has 0 bridgehead atoms. The number of hydrogen-bond donors (Lipinski definition) is 1. The molecule has 2 aromatic carbocycles. The highest BCUT2D eigenvalue weighted by Crippen LogP contribution is 2.20. The van der Waals surface area contributed by atoms with E-state index in [2.05, 4.69) is 10.2 Å². The summed E-state index contributed by atoms with van der Waals surface area (Å²) in [6.45, 7) is 5.10. The highest BCUT2D eigenvalue weighted by Gasteiger charge is 2.24. The minimum Gasteiger partial charge on any atom is -0.497 e. The van der Waals surface area contributed by atoms with E-state index in [1.54, 1.807) is 44.4 Å². The van der Waals surface area contributed by atoms with Crippen molar-refractivity contribution >= 4 is 17.4 Å². The number of methoxy groups -OCH3 is 1. The number of Topliss-reactive ketones (excluding diaryl/α,β-unsaturated/α-hetero) is 1. The monoisotopic (exact) mass is 442 g/mol. The fraction of sp³-hybridized carbons (Fsp3) is 0.333. The average molecular weight is 442 g/mol. The Morgan fingerprint density at radius 1 is 1.16 bits per heavy atom. The quantitative estimate of drug-likeness (QED) is 0.210. The molecule has 7 nitrogen and oxygen atoms in total. The Labute approximate surface area is 186 Å². The summed E-state index contributed by atoms with van der Waals surface area (Å²) >= 11 is 0. The third-order valence-electron chi connectivity index (χ3n) is 5.00. The lowest BCUT2D eigenvalue weighted by Gasteiger charge is -2.26. The smallest absolute Gasteiger partial charge is 0.343 e. The number of hydrogen-bond acceptors (Lipinski definition) is 7. The number of ether oxygens (including phenoxy) is 3. The first-order valence-electron chi connectivity index (χ1n) is 10.4. The van der Waals surface area contributed by atoms with Crippen LogP contribution in [0.3, 0.4) is 0 Å². The molecule has 170 valence electrons. The first-order chi connectivity index (χ1) is 15.5. The van der Waals surface area contributed by atoms with Gasteiger partial charge >= 0.3 is 5.97 Å². The summed E-state index contributed by atoms with van der Waals surface area (Å²) < 4.78 is 30.1. The Kier molecular flexibility index (Phi) is 8.35. The second-order valence-electron chi connectivity index (χ2n) is 7.18. The summed E-state index contributed by atoms with van der Waals surface area (Å²) in [7, 11) is 1.56. The first kappa shape index (κ1) is 23.4. The summed E-state index contributed by atoms with van der Waals surface area (Å²) in [5.41, 5.74) is 0.946. The maximum Gasteiger partial charge on any atom is 0.343 e. The van der Waals surface area contributed by atoms with Crippen molar-refractivity contribution in [1.82, 2.24) is 4.90 Å². The predicted octanol–water partition coefficient (Wildman–Crippen LogP) is 3.41. The molecular weight excluding hydrogens is 415 g/mol. The van der Waals surface area contributed by atoms with Crippen molar-refractivity contribution in [1.29, 1.82) is 0 Å². The van der Waals surface area contributed by atoms with Crippen LogP contribution in [0.1, 0.15) is 22.8 Å². The van der Waals surface area contributed by atoms with Crippen molar-refractivity contribution in [3.05, 3.63) is 71.2 Å². The van der Waals surface area contributed by atoms with E-state index in [1.165, 1.54) is 18.3 Å². The van der Waals surface area contributed by atoms with Crippen LogP contribution < -0.4 is 10.1 Å². The number of ketones is 1. The van der Waals surface area contributed by atoms with Crippen LogP contribution in [-0.4, -0.2) is 56.7 Å². The molecule has 1 aliphatic rings. The van der Waals surface area contributed by atoms with Gasteiger partial charge in [0.1, 0.15) is 17.1 Å². The van der Waals surface area contributed by atoms with Gasteiger partial charge in [0.15, 0.2) is 0 Å². The molecule has 0 spiro atoms. The van der Waals surface area contributed by atoms with Gasteiger partial charge in [0, 0.05) is 31.5 Å². The van der Waals surface area contributed by atoms with Crippen LogP contribution in [0.4, 0.5) is 10.1 Å². The standard InChI is InChI=1S/C24H27FN2O5/c1-3-32-24(29)21(15-26-18-5-7-19(30-2)8-6-18)23(28)20-14-17(4-9-22(20)25)16-27-10-12-31-13-11-27/h4-9,14-15,26H,3,10-13,16H2,1-2H3. The molecule has 0 aliphatic carbocycles. The Balaban J connectivity index is 1.84. The van der Waals surface area contributed by atoms with Crippen LogP contribution in [0, 0.1) is 5.82 Å². The molecule has 0 atom stereocenters. The summed E-state index contributed by atoms with van der Waals surface area (Å²) in [6, 6.07) is 11.3. The third-order valence-corrected chi connectivity index (χ3v) is 5.00. The van der Waals surface area contributed by atoms with E-state index in [1.807, 2.05) is 0 Å². The highest BCUT2D eigenvalue weighted by molar-refractivity contribution is 6.24. The van der Waals surface area contributed by atoms with E-state index < -0.39 is 17.6 Å². The zero-order valence-electron chi connectivity index (χ0n) is 18.2. The van der Waals surface area contributed by atoms with Gasteiger partial charge in [-0.2, -0.15) is 0 Å². The number of anilines is 1. The number of carbonyl (C=O) groups is 2. The van der Waals surface area contributed by atoms with Crippen molar-refractivity contribution in [2.75, 3.05) is 45.3 Å². The number of benzene rings is 2. The van der Waals surface area contributed by atoms with Crippen molar-refractivity contribution in [3.63, 3.8) is 0 Å². The van der Waals surface area contributed by atoms with E-state index in [0.29, 0.717) is 31.2 Å². The molecule has 8 heteroatoms. The van der Waals surface area contributed by atoms with E-state index in [9.17, 15) is 14.0 Å². The molecular formula is C24H27FN2O5. The number of nitrogens with zero attached hydrogens (tertiary/aromatic N) is 1. The van der Waals surface area contributed by atoms with Crippen LogP contribution in [0.5, 0.6) is 5.75 Å². The Hall–Kier alpha value is -3.23. The van der Waals surface area contributed by atoms with Gasteiger partial charge in [-0.1, -0.05) is 6.07 Å². The minimum atomic E-state index is -0.823. The van der Waals surface area contributed by atoms with Gasteiger partial charge in [0.05, 0.1) is 32.5 Å². The second-order valence-corrected chi connectivity index (χ2v) is 7.18. The molecule has 2 aromatic rings. The topological polar surface area (TPSA) is 77.1 Å². The van der Waals surface area contributed by atoms with Gasteiger partial charge in [0.2, 0.25) is 5.78 Å². The Morgan fingerprint density at radius 2 is 1.88 bits per heavy atom. The average Bonchev–Trinajstić information content (AvgIpc) is 2.81. The van der Waals surface area contributed by atoms with E-state index in [-0.39, 0.29) is 17.7 Å². The molecule has 3 rings (SSSR count). The molecule has 32 heavy (non-hydrogen) atoms. The zero-order valence-corrected chi connectivity index (χ0v) is 18.2. The largest absolute Gasteiger partial charge is 0.497 e. The van der Waals surface area contributed by atoms with Crippen molar-refractivity contribution in [3.8, 4) is 5.75 Å². The number of carbonyl (C=O) groups excluding carboxylic acids is 2. The molecule has 0 amide bonds. The Morgan fingerprint density at radius 3 is 2.53 bits per heavy atom. The number of esters is 1. The predicted molar refractivity (Wildman–Crippen MR) is 118 cm³/mol. The molecule has 0 radical (unpaired) electrons. The molecule has 1 fully saturated rings. The first-order valence-corrected chi connectivity index (χ1v) is 10.4. The second kappa shape index (κ2) is 11.4. The molecule has 1 aliphatic heterocycles. The van der Waals surface area contributed by atoms with Gasteiger partial charge < -0.3 is 19.5 Å². The van der Waals surface area contributed by atoms with Gasteiger partial charge in [-0.3, -0.25) is 9.69 Å². The lowest BCUT2D eigenvalue weighted by Crippen LogP contribution is -2.35. The number of halogens is 1. The summed E-state index contributed by atoms with van der Waals surface area (Å²) in [5, 5.41) is 2.90. The van der Waals surface area contributed by atoms with Crippen LogP contribution in [-0.2, 0) is 20.8 Å². The fourth-order valence-corrected chi connectivity index (χ4v) is 3.28. The molecule has 1 heterocycles. The van der Waals surface area contributed by atoms with Crippen LogP contribution in [0.25, 0.3) is 0 Å². The van der Waals surface area contributed by atoms with Gasteiger partial charge in [-0.05, 0) is 48.9 Å². The number of morpholine rings is 1. The molecule has 1 saturated heterocycles. The Bertz CT molecular complexity index is 969. The maximum atomic E-state index is 14.6. The van der Waals surface area contributed by atoms with Crippen LogP contribution in [0.15, 0.2) is 54.2 Å². The molecule has 0 saturated carbocycles. The van der Waals surface area contributed by atoms with Crippen molar-refractivity contribution < 1.29 is 28.2 Å². The van der Waals surface area contributed by atoms with Gasteiger partial charge in [0.25, 0.3) is 0 Å². The van der Waals surface area contributed by atoms with E-state index >= 15 is 0 Å². The summed E-state index contributed by atoms with van der Waals surface area (Å²) in [6.07, 6.45) is 1.25. The lowest BCUT2D eigenvalue weighted by molar-refractivity contribution is -0.138. The number of rotatable bonds is 9. The number of nitrogens with one attached hydrogen (secondary N) is 1. The van der Waals surface area contributed by atoms with Crippen molar-refractivity contribution in [2.24, 2.45) is 0 Å². The third kappa shape index (κ3) is 6.15. The van der Waals surface area contributed by atoms with E-state index in [0.717, 1.165) is 18.7 Å². The normalized spacial score (nSPS) is 14.7. The molecule has 0 aromatic heterocycles. The van der Waals surface area contributed by atoms with E-state index in [4.69, 9.17) is 14.2 Å². The summed E-state index contributed by atoms with van der Waals surface area (Å²) in [4.78, 5) is 27.8. The van der Waals surface area contributed by atoms with Crippen LogP contribution >= 0.6 is 0 Å². The van der Waals surface area contributed by atoms with Crippen molar-refractivity contribution in [2.45, 2.75) is 13.5 Å². The fourth-order valence-electron chi connectivity index (χ4n) is 3.28.